The molecule has 12 aromatic rings. The zero-order valence-electron chi connectivity index (χ0n) is 73.5. The number of piperidine rings is 1. The zero-order chi connectivity index (χ0) is 92.3. The van der Waals surface area contributed by atoms with Crippen molar-refractivity contribution < 1.29 is 83.2 Å². The molecule has 3 N–H and O–H groups in total. The zero-order valence-corrected chi connectivity index (χ0v) is 75.1. The number of Topliss-reactive ketones (excluding diaryl/α,β-unsaturated/α-hetero) is 3. The van der Waals surface area contributed by atoms with Crippen LogP contribution in [-0.2, 0) is 89.3 Å². The second-order valence-electron chi connectivity index (χ2n) is 30.5. The number of ketones is 3. The number of anilines is 4. The number of furan rings is 1. The highest BCUT2D eigenvalue weighted by molar-refractivity contribution is 7.92. The highest BCUT2D eigenvalue weighted by Gasteiger charge is 2.31. The molecule has 1 unspecified atom stereocenters. The molecule has 704 valence electrons. The van der Waals surface area contributed by atoms with Crippen molar-refractivity contribution in [1.29, 1.82) is 0 Å². The maximum atomic E-state index is 13.1. The van der Waals surface area contributed by atoms with Gasteiger partial charge in [-0.1, -0.05) is 145 Å². The molecule has 14 rings (SSSR count). The monoisotopic (exact) mass is 1850 g/mol. The summed E-state index contributed by atoms with van der Waals surface area (Å²) in [5.74, 6) is 4.31. The van der Waals surface area contributed by atoms with E-state index in [9.17, 15) is 55.2 Å². The number of carbonyl (C=O) groups excluding carboxylic acids is 7. The number of aryl methyl sites for hydroxylation is 4. The van der Waals surface area contributed by atoms with Crippen molar-refractivity contribution in [1.82, 2.24) is 29.2 Å². The van der Waals surface area contributed by atoms with Gasteiger partial charge in [-0.15, -0.1) is 10.2 Å². The summed E-state index contributed by atoms with van der Waals surface area (Å²) in [6.45, 7) is 9.57. The third-order valence-corrected chi connectivity index (χ3v) is 24.0. The molecule has 0 spiro atoms. The van der Waals surface area contributed by atoms with Crippen molar-refractivity contribution in [3.63, 3.8) is 0 Å². The van der Waals surface area contributed by atoms with Crippen molar-refractivity contribution in [3.05, 3.63) is 315 Å². The van der Waals surface area contributed by atoms with Crippen molar-refractivity contribution in [2.75, 3.05) is 81.2 Å². The van der Waals surface area contributed by atoms with Gasteiger partial charge in [0, 0.05) is 117 Å². The van der Waals surface area contributed by atoms with Gasteiger partial charge >= 0.3 is 5.97 Å². The SMILES string of the molecule is C.C.C.C.CCOC(=O)C1CCN(C(=O)c2ccc(CN(c3ccc(C)c(C)c3)S(C)(=O)=O)cc2)CC1.COc1cc(NS(=O)(=O)c2ccc(NC(C)=O)cc2)c(OC)cc1CC(=O)c1ccccc1.COc1ccc(NC(=O)CCc2nc3ccccc3c(=O)n2Cc2ccco2)c(OC)c1.COc1cccc(CC(=O)CCc2nnc3n2CC=CC3CC(=O)c2ccccc2)c1. The number of methoxy groups -OCH3 is 5. The fourth-order valence-corrected chi connectivity index (χ4v) is 16.4. The van der Waals surface area contributed by atoms with E-state index in [0.717, 1.165) is 39.7 Å². The van der Waals surface area contributed by atoms with Gasteiger partial charge in [0.1, 0.15) is 57.8 Å². The molecular formula is C102H120N10O19S2. The predicted molar refractivity (Wildman–Crippen MR) is 519 cm³/mol. The number of nitrogens with zero attached hydrogens (tertiary/aromatic N) is 7. The van der Waals surface area contributed by atoms with Crippen LogP contribution in [0.5, 0.6) is 28.7 Å². The Labute approximate surface area is 779 Å². The van der Waals surface area contributed by atoms with Crippen LogP contribution < -0.4 is 48.9 Å². The summed E-state index contributed by atoms with van der Waals surface area (Å²) in [4.78, 5) is 106. The highest BCUT2D eigenvalue weighted by atomic mass is 32.2. The number of fused-ring (bicyclic) bond motifs is 2. The average Bonchev–Trinajstić information content (AvgIpc) is 1.54. The van der Waals surface area contributed by atoms with Gasteiger partial charge in [0.2, 0.25) is 21.8 Å². The number of ether oxygens (including phenoxy) is 6. The van der Waals surface area contributed by atoms with Gasteiger partial charge in [-0.3, -0.25) is 52.0 Å². The second kappa shape index (κ2) is 50.2. The van der Waals surface area contributed by atoms with E-state index in [1.807, 2.05) is 109 Å². The van der Waals surface area contributed by atoms with Crippen LogP contribution in [0.4, 0.5) is 22.7 Å². The Balaban J connectivity index is 0.000000240. The maximum absolute atomic E-state index is 13.1. The second-order valence-corrected chi connectivity index (χ2v) is 34.1. The first-order chi connectivity index (χ1) is 62.0. The van der Waals surface area contributed by atoms with E-state index in [1.54, 1.807) is 146 Å². The summed E-state index contributed by atoms with van der Waals surface area (Å²) in [5, 5.41) is 14.6. The van der Waals surface area contributed by atoms with Crippen molar-refractivity contribution in [2.24, 2.45) is 5.92 Å². The number of amides is 3. The topological polar surface area (TPSA) is 364 Å². The van der Waals surface area contributed by atoms with E-state index in [-0.39, 0.29) is 137 Å². The van der Waals surface area contributed by atoms with Crippen LogP contribution in [0.2, 0.25) is 0 Å². The molecule has 0 bridgehead atoms. The normalized spacial score (nSPS) is 12.4. The van der Waals surface area contributed by atoms with Gasteiger partial charge < -0.3 is 52.9 Å². The fraction of sp³-hybridized carbons (Fsp3) is 0.304. The summed E-state index contributed by atoms with van der Waals surface area (Å²) in [6, 6.07) is 63.0. The fourth-order valence-electron chi connectivity index (χ4n) is 14.5. The van der Waals surface area contributed by atoms with Gasteiger partial charge in [-0.25, -0.2) is 21.8 Å². The van der Waals surface area contributed by atoms with Crippen LogP contribution in [-0.4, -0.2) is 149 Å². The number of hydrogen-bond donors (Lipinski definition) is 3. The molecule has 5 heterocycles. The number of sulfonamides is 2. The maximum Gasteiger partial charge on any atom is 0.309 e. The van der Waals surface area contributed by atoms with Crippen LogP contribution in [0.25, 0.3) is 10.9 Å². The molecule has 29 nitrogen and oxygen atoms in total. The minimum absolute atomic E-state index is 0. The van der Waals surface area contributed by atoms with Crippen molar-refractivity contribution >= 4 is 94.7 Å². The minimum Gasteiger partial charge on any atom is -0.497 e. The Morgan fingerprint density at radius 2 is 1.22 bits per heavy atom. The van der Waals surface area contributed by atoms with E-state index in [0.29, 0.717) is 144 Å². The third kappa shape index (κ3) is 29.1. The summed E-state index contributed by atoms with van der Waals surface area (Å²) in [6.07, 6.45) is 10.2. The molecule has 133 heavy (non-hydrogen) atoms. The Hall–Kier alpha value is -14.3. The number of allylic oxidation sites excluding steroid dienone is 2. The van der Waals surface area contributed by atoms with Gasteiger partial charge in [0.15, 0.2) is 11.6 Å². The van der Waals surface area contributed by atoms with E-state index in [1.165, 1.54) is 69.1 Å². The molecule has 9 aromatic carbocycles. The Kier molecular flexibility index (Phi) is 39.9. The van der Waals surface area contributed by atoms with E-state index in [2.05, 4.69) is 30.5 Å². The number of para-hydroxylation sites is 1. The van der Waals surface area contributed by atoms with Crippen molar-refractivity contribution in [2.45, 2.75) is 146 Å². The van der Waals surface area contributed by atoms with Gasteiger partial charge in [-0.05, 0) is 159 Å². The number of esters is 1. The molecule has 31 heteroatoms. The summed E-state index contributed by atoms with van der Waals surface area (Å²) < 4.78 is 95.2. The predicted octanol–water partition coefficient (Wildman–Crippen LogP) is 17.7. The molecule has 3 aromatic heterocycles. The number of likely N-dealkylation sites (tertiary alicyclic amines) is 1. The van der Waals surface area contributed by atoms with Gasteiger partial charge in [0.25, 0.3) is 21.5 Å². The smallest absolute Gasteiger partial charge is 0.309 e. The molecule has 0 saturated carbocycles. The first-order valence-electron chi connectivity index (χ1n) is 41.7. The number of aromatic nitrogens is 5. The molecule has 0 radical (unpaired) electrons. The van der Waals surface area contributed by atoms with Crippen molar-refractivity contribution in [3.8, 4) is 28.7 Å². The van der Waals surface area contributed by atoms with E-state index in [4.69, 9.17) is 32.8 Å². The molecule has 0 aliphatic carbocycles. The molecule has 2 aliphatic rings. The van der Waals surface area contributed by atoms with Crippen LogP contribution in [0.3, 0.4) is 0 Å². The van der Waals surface area contributed by atoms with Crippen LogP contribution in [0.1, 0.15) is 164 Å². The van der Waals surface area contributed by atoms with Crippen LogP contribution in [0.15, 0.2) is 251 Å². The molecule has 1 atom stereocenters. The first kappa shape index (κ1) is 106. The average molecular weight is 1850 g/mol. The molecule has 1 fully saturated rings. The standard InChI is InChI=1S/C25H25N3O3.C25H32N2O5S.C24H23N3O5.C24H24N2O6S.4CH4/c1-31-22-11-5-7-18(16-22)15-21(29)12-13-24-26-27-25-20(10-6-14-28(24)25)17-23(30)19-8-3-2-4-9-19;1-5-32-25(29)22-12-14-26(15-13-22)24(28)21-9-7-20(8-10-21)17-27(33(4,30)31)23-11-6-18(2)19(3)16-23;1-30-16-9-10-20(21(14-16)31-2)26-23(28)12-11-22-25-19-8-4-3-7-18(19)24(29)27(22)15-17-6-5-13-32-17;1-16(27)25-19-9-11-20(12-10-19)33(29,30)26-21-15-23(31-2)18(14-24(21)32-3)13-22(28)17-7-5-4-6-8-17;;;;/h2-11,16,20H,12-15,17H2,1H3;6-11,16,22H,5,12-15,17H2,1-4H3;3-10,13-14H,11-12,15H2,1-2H3,(H,26,28);4-12,14-15,26H,13H2,1-3H3,(H,25,27);4*1H4. The minimum atomic E-state index is -3.96. The number of rotatable bonds is 33. The largest absolute Gasteiger partial charge is 0.497 e. The summed E-state index contributed by atoms with van der Waals surface area (Å²) >= 11 is 0. The molecule has 3 amide bonds. The molecule has 1 saturated heterocycles. The number of benzene rings is 9. The highest BCUT2D eigenvalue weighted by Crippen LogP contribution is 2.37. The van der Waals surface area contributed by atoms with E-state index < -0.39 is 20.0 Å². The lowest BCUT2D eigenvalue weighted by Crippen LogP contribution is -2.40. The van der Waals surface area contributed by atoms with Gasteiger partial charge in [0.05, 0.1) is 107 Å². The summed E-state index contributed by atoms with van der Waals surface area (Å²) in [7, 11) is 0.105. The van der Waals surface area contributed by atoms with Gasteiger partial charge in [-0.2, -0.15) is 0 Å². The molecule has 2 aliphatic heterocycles. The third-order valence-electron chi connectivity index (χ3n) is 21.5. The lowest BCUT2D eigenvalue weighted by Gasteiger charge is -2.31. The lowest BCUT2D eigenvalue weighted by atomic mass is 9.95. The molecular weight excluding hydrogens is 1730 g/mol. The number of hydrogen-bond acceptors (Lipinski definition) is 22. The Morgan fingerprint density at radius 3 is 1.84 bits per heavy atom. The quantitative estimate of drug-likeness (QED) is 0.0195. The van der Waals surface area contributed by atoms with Crippen LogP contribution >= 0.6 is 0 Å². The Morgan fingerprint density at radius 1 is 0.579 bits per heavy atom. The summed E-state index contributed by atoms with van der Waals surface area (Å²) in [5.41, 5.74) is 8.45. The number of carbonyl (C=O) groups is 7. The Bertz CT molecular complexity index is 6280. The van der Waals surface area contributed by atoms with E-state index >= 15 is 0 Å². The van der Waals surface area contributed by atoms with Crippen LogP contribution in [0, 0.1) is 19.8 Å². The number of nitrogens with one attached hydrogen (secondary N) is 3. The lowest BCUT2D eigenvalue weighted by molar-refractivity contribution is -0.149. The first-order valence-corrected chi connectivity index (χ1v) is 45.1.